The van der Waals surface area contributed by atoms with Gasteiger partial charge >= 0.3 is 0 Å². The van der Waals surface area contributed by atoms with Gasteiger partial charge in [-0.2, -0.15) is 0 Å². The van der Waals surface area contributed by atoms with Gasteiger partial charge in [-0.15, -0.1) is 11.6 Å². The van der Waals surface area contributed by atoms with Gasteiger partial charge in [0.05, 0.1) is 6.10 Å². The molecule has 2 saturated heterocycles. The summed E-state index contributed by atoms with van der Waals surface area (Å²) in [5.74, 6) is 0.875. The number of piperidine rings is 1. The predicted molar refractivity (Wildman–Crippen MR) is 72.8 cm³/mol. The van der Waals surface area contributed by atoms with Gasteiger partial charge in [0, 0.05) is 31.5 Å². The van der Waals surface area contributed by atoms with Crippen LogP contribution in [0.1, 0.15) is 45.4 Å². The summed E-state index contributed by atoms with van der Waals surface area (Å²) in [5, 5.41) is 0.231. The van der Waals surface area contributed by atoms with Crippen LogP contribution in [0.25, 0.3) is 0 Å². The molecule has 2 aliphatic rings. The van der Waals surface area contributed by atoms with Crippen molar-refractivity contribution in [2.24, 2.45) is 5.92 Å². The minimum absolute atomic E-state index is 0.231. The molecule has 0 N–H and O–H groups in total. The summed E-state index contributed by atoms with van der Waals surface area (Å²) < 4.78 is 5.55. The van der Waals surface area contributed by atoms with E-state index in [1.807, 2.05) is 4.90 Å². The second-order valence-corrected chi connectivity index (χ2v) is 6.26. The van der Waals surface area contributed by atoms with Crippen molar-refractivity contribution in [1.82, 2.24) is 4.90 Å². The second kappa shape index (κ2) is 6.76. The lowest BCUT2D eigenvalue weighted by Crippen LogP contribution is -2.40. The number of carbonyl (C=O) groups is 1. The minimum Gasteiger partial charge on any atom is -0.378 e. The van der Waals surface area contributed by atoms with Gasteiger partial charge in [0.2, 0.25) is 5.91 Å². The average molecular weight is 274 g/mol. The molecule has 2 unspecified atom stereocenters. The molecule has 4 heteroatoms. The number of halogens is 1. The number of hydrogen-bond donors (Lipinski definition) is 0. The molecule has 0 aromatic rings. The molecule has 2 fully saturated rings. The lowest BCUT2D eigenvalue weighted by molar-refractivity contribution is -0.133. The smallest absolute Gasteiger partial charge is 0.222 e. The first-order valence-electron chi connectivity index (χ1n) is 7.20. The predicted octanol–water partition coefficient (Wildman–Crippen LogP) is 2.81. The van der Waals surface area contributed by atoms with E-state index in [1.165, 1.54) is 0 Å². The first-order chi connectivity index (χ1) is 8.66. The fraction of sp³-hybridized carbons (Fsp3) is 0.929. The van der Waals surface area contributed by atoms with Gasteiger partial charge in [-0.3, -0.25) is 4.79 Å². The van der Waals surface area contributed by atoms with E-state index in [4.69, 9.17) is 16.3 Å². The lowest BCUT2D eigenvalue weighted by Gasteiger charge is -2.33. The topological polar surface area (TPSA) is 29.5 Å². The summed E-state index contributed by atoms with van der Waals surface area (Å²) in [4.78, 5) is 14.1. The zero-order valence-electron chi connectivity index (χ0n) is 11.2. The molecule has 18 heavy (non-hydrogen) atoms. The minimum atomic E-state index is 0.231. The zero-order chi connectivity index (χ0) is 13.0. The number of rotatable bonds is 4. The van der Waals surface area contributed by atoms with Crippen molar-refractivity contribution in [2.75, 3.05) is 19.7 Å². The molecule has 2 atom stereocenters. The van der Waals surface area contributed by atoms with E-state index in [-0.39, 0.29) is 5.38 Å². The van der Waals surface area contributed by atoms with E-state index in [9.17, 15) is 4.79 Å². The molecule has 0 radical (unpaired) electrons. The van der Waals surface area contributed by atoms with Crippen LogP contribution in [0.5, 0.6) is 0 Å². The third kappa shape index (κ3) is 3.86. The van der Waals surface area contributed by atoms with Crippen LogP contribution in [0, 0.1) is 5.92 Å². The van der Waals surface area contributed by atoms with Crippen molar-refractivity contribution in [3.05, 3.63) is 0 Å². The Bertz CT molecular complexity index is 269. The Labute approximate surface area is 115 Å². The van der Waals surface area contributed by atoms with Crippen LogP contribution < -0.4 is 0 Å². The van der Waals surface area contributed by atoms with Gasteiger partial charge in [0.15, 0.2) is 0 Å². The van der Waals surface area contributed by atoms with E-state index in [0.29, 0.717) is 24.3 Å². The molecule has 2 heterocycles. The van der Waals surface area contributed by atoms with Crippen LogP contribution >= 0.6 is 11.6 Å². The van der Waals surface area contributed by atoms with E-state index < -0.39 is 0 Å². The Kier molecular flexibility index (Phi) is 5.31. The van der Waals surface area contributed by atoms with Crippen molar-refractivity contribution >= 4 is 17.5 Å². The number of hydrogen-bond acceptors (Lipinski definition) is 2. The summed E-state index contributed by atoms with van der Waals surface area (Å²) in [6.07, 6.45) is 6.24. The van der Waals surface area contributed by atoms with Gasteiger partial charge in [-0.05, 0) is 44.9 Å². The van der Waals surface area contributed by atoms with Gasteiger partial charge in [0.25, 0.3) is 0 Å². The Morgan fingerprint density at radius 1 is 1.39 bits per heavy atom. The highest BCUT2D eigenvalue weighted by atomic mass is 35.5. The van der Waals surface area contributed by atoms with Gasteiger partial charge < -0.3 is 9.64 Å². The van der Waals surface area contributed by atoms with E-state index in [1.54, 1.807) is 0 Å². The maximum Gasteiger partial charge on any atom is 0.222 e. The van der Waals surface area contributed by atoms with Crippen molar-refractivity contribution < 1.29 is 9.53 Å². The molecule has 3 nitrogen and oxygen atoms in total. The van der Waals surface area contributed by atoms with Gasteiger partial charge in [0.1, 0.15) is 0 Å². The standard InChI is InChI=1S/C14H24ClNO2/c1-11(15)12-6-8-16(9-7-12)14(17)5-4-13-3-2-10-18-13/h11-13H,2-10H2,1H3. The van der Waals surface area contributed by atoms with Crippen LogP contribution in [0.15, 0.2) is 0 Å². The van der Waals surface area contributed by atoms with E-state index in [0.717, 1.165) is 51.8 Å². The fourth-order valence-corrected chi connectivity index (χ4v) is 3.17. The monoisotopic (exact) mass is 273 g/mol. The van der Waals surface area contributed by atoms with E-state index in [2.05, 4.69) is 6.92 Å². The molecule has 2 aliphatic heterocycles. The number of amides is 1. The van der Waals surface area contributed by atoms with Crippen LogP contribution in [0.4, 0.5) is 0 Å². The van der Waals surface area contributed by atoms with Crippen LogP contribution in [-0.2, 0) is 9.53 Å². The molecular formula is C14H24ClNO2. The van der Waals surface area contributed by atoms with Crippen LogP contribution in [0.2, 0.25) is 0 Å². The maximum absolute atomic E-state index is 12.1. The number of likely N-dealkylation sites (tertiary alicyclic amines) is 1. The Balaban J connectivity index is 1.67. The van der Waals surface area contributed by atoms with Crippen LogP contribution in [0.3, 0.4) is 0 Å². The summed E-state index contributed by atoms with van der Waals surface area (Å²) in [6.45, 7) is 4.69. The molecule has 0 saturated carbocycles. The number of nitrogens with zero attached hydrogens (tertiary/aromatic N) is 1. The third-order valence-corrected chi connectivity index (χ3v) is 4.60. The Hall–Kier alpha value is -0.280. The van der Waals surface area contributed by atoms with Gasteiger partial charge in [-0.1, -0.05) is 0 Å². The fourth-order valence-electron chi connectivity index (χ4n) is 2.92. The highest BCUT2D eigenvalue weighted by molar-refractivity contribution is 6.20. The summed E-state index contributed by atoms with van der Waals surface area (Å²) in [6, 6.07) is 0. The van der Waals surface area contributed by atoms with Crippen molar-refractivity contribution in [1.29, 1.82) is 0 Å². The largest absolute Gasteiger partial charge is 0.378 e. The Morgan fingerprint density at radius 3 is 2.67 bits per heavy atom. The van der Waals surface area contributed by atoms with Crippen molar-refractivity contribution in [3.8, 4) is 0 Å². The molecule has 0 bridgehead atoms. The highest BCUT2D eigenvalue weighted by Gasteiger charge is 2.26. The summed E-state index contributed by atoms with van der Waals surface area (Å²) >= 11 is 6.11. The molecule has 0 aromatic carbocycles. The quantitative estimate of drug-likeness (QED) is 0.737. The van der Waals surface area contributed by atoms with E-state index >= 15 is 0 Å². The second-order valence-electron chi connectivity index (χ2n) is 5.57. The molecule has 0 spiro atoms. The van der Waals surface area contributed by atoms with Gasteiger partial charge in [-0.25, -0.2) is 0 Å². The summed E-state index contributed by atoms with van der Waals surface area (Å²) in [7, 11) is 0. The number of carbonyl (C=O) groups excluding carboxylic acids is 1. The normalized spacial score (nSPS) is 27.4. The van der Waals surface area contributed by atoms with Crippen molar-refractivity contribution in [2.45, 2.75) is 56.9 Å². The Morgan fingerprint density at radius 2 is 2.11 bits per heavy atom. The first-order valence-corrected chi connectivity index (χ1v) is 7.64. The highest BCUT2D eigenvalue weighted by Crippen LogP contribution is 2.25. The zero-order valence-corrected chi connectivity index (χ0v) is 12.0. The van der Waals surface area contributed by atoms with Crippen molar-refractivity contribution in [3.63, 3.8) is 0 Å². The average Bonchev–Trinajstić information content (AvgIpc) is 2.89. The maximum atomic E-state index is 12.1. The lowest BCUT2D eigenvalue weighted by atomic mass is 9.93. The first kappa shape index (κ1) is 14.1. The molecule has 1 amide bonds. The third-order valence-electron chi connectivity index (χ3n) is 4.25. The molecule has 0 aliphatic carbocycles. The molecule has 104 valence electrons. The SMILES string of the molecule is CC(Cl)C1CCN(C(=O)CCC2CCCO2)CC1. The number of ether oxygens (including phenoxy) is 1. The molecular weight excluding hydrogens is 250 g/mol. The molecule has 0 aromatic heterocycles. The van der Waals surface area contributed by atoms with Crippen LogP contribution in [-0.4, -0.2) is 42.0 Å². The number of alkyl halides is 1. The summed E-state index contributed by atoms with van der Waals surface area (Å²) in [5.41, 5.74) is 0. The molecule has 2 rings (SSSR count).